The second kappa shape index (κ2) is 11.0. The number of thioether (sulfide) groups is 1. The summed E-state index contributed by atoms with van der Waals surface area (Å²) in [4.78, 5) is 33.0. The predicted octanol–water partition coefficient (Wildman–Crippen LogP) is 6.09. The number of hydrogen-bond acceptors (Lipinski definition) is 7. The summed E-state index contributed by atoms with van der Waals surface area (Å²) < 4.78 is 13.3. The summed E-state index contributed by atoms with van der Waals surface area (Å²) in [6.07, 6.45) is 3.66. The first-order valence-electron chi connectivity index (χ1n) is 11.7. The second-order valence-electron chi connectivity index (χ2n) is 8.40. The second-order valence-corrected chi connectivity index (χ2v) is 11.1. The fourth-order valence-corrected chi connectivity index (χ4v) is 6.10. The smallest absolute Gasteiger partial charge is 0.338 e. The minimum absolute atomic E-state index is 0.218. The Labute approximate surface area is 236 Å². The molecule has 194 valence electrons. The van der Waals surface area contributed by atoms with Gasteiger partial charge in [0.15, 0.2) is 4.80 Å². The molecule has 0 unspecified atom stereocenters. The largest absolute Gasteiger partial charge is 0.463 e. The van der Waals surface area contributed by atoms with Crippen LogP contribution in [-0.4, -0.2) is 23.4 Å². The van der Waals surface area contributed by atoms with Gasteiger partial charge in [-0.25, -0.2) is 9.79 Å². The minimum Gasteiger partial charge on any atom is -0.463 e. The van der Waals surface area contributed by atoms with E-state index >= 15 is 0 Å². The zero-order chi connectivity index (χ0) is 27.0. The summed E-state index contributed by atoms with van der Waals surface area (Å²) in [7, 11) is 0. The number of benzene rings is 2. The fraction of sp³-hybridized carbons (Fsp3) is 0.179. The molecular weight excluding hydrogens is 563 g/mol. The minimum atomic E-state index is -0.666. The third-order valence-electron chi connectivity index (χ3n) is 6.04. The Morgan fingerprint density at radius 3 is 2.66 bits per heavy atom. The van der Waals surface area contributed by atoms with Crippen LogP contribution < -0.4 is 14.9 Å². The molecule has 0 bridgehead atoms. The van der Waals surface area contributed by atoms with Crippen molar-refractivity contribution >= 4 is 58.3 Å². The molecule has 1 atom stereocenters. The zero-order valence-corrected chi connectivity index (χ0v) is 23.8. The van der Waals surface area contributed by atoms with Crippen LogP contribution in [0, 0.1) is 0 Å². The van der Waals surface area contributed by atoms with Crippen molar-refractivity contribution in [3.05, 3.63) is 107 Å². The number of ether oxygens (including phenoxy) is 1. The van der Waals surface area contributed by atoms with E-state index < -0.39 is 12.0 Å². The van der Waals surface area contributed by atoms with Crippen molar-refractivity contribution in [3.8, 4) is 11.3 Å². The molecule has 0 saturated heterocycles. The molecule has 38 heavy (non-hydrogen) atoms. The fourth-order valence-electron chi connectivity index (χ4n) is 4.28. The highest BCUT2D eigenvalue weighted by Crippen LogP contribution is 2.33. The SMILES string of the molecule is CCOC(=O)C1=C(C)N=c2s/c(=C\c3ccc(-c4cc(Cl)ccc4Cl)o3)c(=O)n2[C@H]1c1ccc(SC)cc1. The molecule has 0 fully saturated rings. The number of hydrogen-bond donors (Lipinski definition) is 0. The Kier molecular flexibility index (Phi) is 7.68. The summed E-state index contributed by atoms with van der Waals surface area (Å²) in [5.41, 5.74) is 2.04. The number of fused-ring (bicyclic) bond motifs is 1. The Morgan fingerprint density at radius 2 is 1.95 bits per heavy atom. The topological polar surface area (TPSA) is 73.8 Å². The number of halogens is 2. The van der Waals surface area contributed by atoms with Crippen molar-refractivity contribution in [2.45, 2.75) is 24.8 Å². The van der Waals surface area contributed by atoms with Crippen molar-refractivity contribution < 1.29 is 13.9 Å². The molecule has 1 aliphatic heterocycles. The lowest BCUT2D eigenvalue weighted by atomic mass is 9.96. The molecule has 6 nitrogen and oxygen atoms in total. The Bertz CT molecular complexity index is 1750. The molecule has 2 aromatic heterocycles. The van der Waals surface area contributed by atoms with E-state index in [4.69, 9.17) is 32.4 Å². The number of rotatable bonds is 6. The van der Waals surface area contributed by atoms with Crippen LogP contribution in [0.2, 0.25) is 10.0 Å². The molecule has 0 spiro atoms. The highest BCUT2D eigenvalue weighted by molar-refractivity contribution is 7.98. The number of carbonyl (C=O) groups is 1. The number of esters is 1. The van der Waals surface area contributed by atoms with Crippen LogP contribution in [0.4, 0.5) is 0 Å². The summed E-state index contributed by atoms with van der Waals surface area (Å²) in [6, 6.07) is 15.8. The number of furan rings is 1. The van der Waals surface area contributed by atoms with Gasteiger partial charge in [-0.05, 0) is 68.1 Å². The van der Waals surface area contributed by atoms with Crippen molar-refractivity contribution in [3.63, 3.8) is 0 Å². The van der Waals surface area contributed by atoms with Crippen LogP contribution in [0.5, 0.6) is 0 Å². The summed E-state index contributed by atoms with van der Waals surface area (Å²) in [6.45, 7) is 3.73. The lowest BCUT2D eigenvalue weighted by molar-refractivity contribution is -0.139. The standard InChI is InChI=1S/C28H22Cl2N2O4S2/c1-4-35-27(34)24-15(2)31-28-32(25(24)16-5-9-19(37-3)10-6-16)26(33)23(38-28)14-18-8-12-22(36-18)20-13-17(29)7-11-21(20)30/h5-14,25H,4H2,1-3H3/b23-14-/t25-/m0/s1. The van der Waals surface area contributed by atoms with Gasteiger partial charge in [0.2, 0.25) is 0 Å². The molecule has 0 saturated carbocycles. The highest BCUT2D eigenvalue weighted by atomic mass is 35.5. The molecule has 5 rings (SSSR count). The third kappa shape index (κ3) is 5.01. The summed E-state index contributed by atoms with van der Waals surface area (Å²) in [5.74, 6) is 0.517. The molecule has 1 aliphatic rings. The lowest BCUT2D eigenvalue weighted by Crippen LogP contribution is -2.39. The van der Waals surface area contributed by atoms with Gasteiger partial charge >= 0.3 is 5.97 Å². The van der Waals surface area contributed by atoms with Crippen molar-refractivity contribution in [2.75, 3.05) is 12.9 Å². The van der Waals surface area contributed by atoms with Gasteiger partial charge in [-0.2, -0.15) is 0 Å². The zero-order valence-electron chi connectivity index (χ0n) is 20.7. The lowest BCUT2D eigenvalue weighted by Gasteiger charge is -2.24. The van der Waals surface area contributed by atoms with E-state index in [1.54, 1.807) is 66.6 Å². The van der Waals surface area contributed by atoms with Gasteiger partial charge in [-0.1, -0.05) is 46.7 Å². The quantitative estimate of drug-likeness (QED) is 0.202. The van der Waals surface area contributed by atoms with Gasteiger partial charge in [0.25, 0.3) is 5.56 Å². The molecule has 4 aromatic rings. The van der Waals surface area contributed by atoms with Gasteiger partial charge in [0.1, 0.15) is 11.5 Å². The van der Waals surface area contributed by atoms with Crippen LogP contribution in [0.25, 0.3) is 17.4 Å². The molecular formula is C28H22Cl2N2O4S2. The van der Waals surface area contributed by atoms with Crippen LogP contribution in [0.15, 0.2) is 85.0 Å². The van der Waals surface area contributed by atoms with E-state index in [1.165, 1.54) is 11.3 Å². The van der Waals surface area contributed by atoms with Gasteiger partial charge in [0, 0.05) is 21.6 Å². The van der Waals surface area contributed by atoms with E-state index in [0.717, 1.165) is 10.5 Å². The van der Waals surface area contributed by atoms with Gasteiger partial charge < -0.3 is 9.15 Å². The molecule has 0 radical (unpaired) electrons. The van der Waals surface area contributed by atoms with Gasteiger partial charge in [0.05, 0.1) is 33.5 Å². The normalized spacial score (nSPS) is 15.4. The Balaban J connectivity index is 1.64. The summed E-state index contributed by atoms with van der Waals surface area (Å²) in [5, 5.41) is 1.04. The molecule has 0 amide bonds. The Morgan fingerprint density at radius 1 is 1.18 bits per heavy atom. The summed E-state index contributed by atoms with van der Waals surface area (Å²) >= 11 is 15.3. The molecule has 0 aliphatic carbocycles. The van der Waals surface area contributed by atoms with Crippen LogP contribution in [-0.2, 0) is 9.53 Å². The predicted molar refractivity (Wildman–Crippen MR) is 153 cm³/mol. The number of aromatic nitrogens is 1. The average Bonchev–Trinajstić information content (AvgIpc) is 3.49. The molecule has 3 heterocycles. The van der Waals surface area contributed by atoms with Crippen molar-refractivity contribution in [1.82, 2.24) is 4.57 Å². The maximum Gasteiger partial charge on any atom is 0.338 e. The number of carbonyl (C=O) groups excluding carboxylic acids is 1. The van der Waals surface area contributed by atoms with E-state index in [0.29, 0.717) is 47.7 Å². The monoisotopic (exact) mass is 584 g/mol. The third-order valence-corrected chi connectivity index (χ3v) is 8.33. The van der Waals surface area contributed by atoms with E-state index in [1.807, 2.05) is 30.5 Å². The first kappa shape index (κ1) is 26.6. The van der Waals surface area contributed by atoms with E-state index in [-0.39, 0.29) is 12.2 Å². The van der Waals surface area contributed by atoms with Gasteiger partial charge in [-0.15, -0.1) is 11.8 Å². The van der Waals surface area contributed by atoms with E-state index in [2.05, 4.69) is 4.99 Å². The first-order chi connectivity index (χ1) is 18.3. The molecule has 2 aromatic carbocycles. The van der Waals surface area contributed by atoms with Crippen LogP contribution in [0.1, 0.15) is 31.2 Å². The van der Waals surface area contributed by atoms with Crippen LogP contribution in [0.3, 0.4) is 0 Å². The van der Waals surface area contributed by atoms with E-state index in [9.17, 15) is 9.59 Å². The number of thiazole rings is 1. The number of allylic oxidation sites excluding steroid dienone is 1. The van der Waals surface area contributed by atoms with Gasteiger partial charge in [-0.3, -0.25) is 9.36 Å². The average molecular weight is 586 g/mol. The molecule has 10 heteroatoms. The number of nitrogens with zero attached hydrogens (tertiary/aromatic N) is 2. The maximum absolute atomic E-state index is 13.8. The Hall–Kier alpha value is -3.04. The van der Waals surface area contributed by atoms with Crippen molar-refractivity contribution in [1.29, 1.82) is 0 Å². The van der Waals surface area contributed by atoms with Crippen LogP contribution >= 0.6 is 46.3 Å². The van der Waals surface area contributed by atoms with Crippen molar-refractivity contribution in [2.24, 2.45) is 4.99 Å². The highest BCUT2D eigenvalue weighted by Gasteiger charge is 2.33. The first-order valence-corrected chi connectivity index (χ1v) is 14.5. The maximum atomic E-state index is 13.8. The molecule has 0 N–H and O–H groups in total.